The summed E-state index contributed by atoms with van der Waals surface area (Å²) in [5, 5.41) is 13.4. The number of carbonyl (C=O) groups is 2. The standard InChI is InChI=1S/C12H13ClN2O5/c1-2-20-11(16)5-6-14-12(17)9-7-8(13)3-4-10(9)15(18)19/h3-4,7H,2,5-6H2,1H3,(H,14,17). The maximum atomic E-state index is 11.8. The Morgan fingerprint density at radius 2 is 2.15 bits per heavy atom. The van der Waals surface area contributed by atoms with Crippen molar-refractivity contribution in [1.29, 1.82) is 0 Å². The van der Waals surface area contributed by atoms with Crippen LogP contribution in [0.2, 0.25) is 5.02 Å². The molecule has 0 heterocycles. The molecule has 0 fully saturated rings. The fourth-order valence-corrected chi connectivity index (χ4v) is 1.63. The Balaban J connectivity index is 2.70. The molecule has 0 unspecified atom stereocenters. The minimum absolute atomic E-state index is 0.00601. The van der Waals surface area contributed by atoms with Crippen LogP contribution in [-0.4, -0.2) is 30.0 Å². The van der Waals surface area contributed by atoms with Crippen LogP contribution in [0.4, 0.5) is 5.69 Å². The van der Waals surface area contributed by atoms with E-state index in [4.69, 9.17) is 16.3 Å². The van der Waals surface area contributed by atoms with Crippen LogP contribution in [0.5, 0.6) is 0 Å². The number of hydrogen-bond acceptors (Lipinski definition) is 5. The molecule has 0 bridgehead atoms. The molecule has 0 saturated heterocycles. The second kappa shape index (κ2) is 7.44. The highest BCUT2D eigenvalue weighted by Crippen LogP contribution is 2.22. The summed E-state index contributed by atoms with van der Waals surface area (Å²) in [6.07, 6.45) is -0.00601. The molecule has 20 heavy (non-hydrogen) atoms. The zero-order chi connectivity index (χ0) is 15.1. The predicted molar refractivity (Wildman–Crippen MR) is 71.7 cm³/mol. The van der Waals surface area contributed by atoms with Gasteiger partial charge in [-0.15, -0.1) is 0 Å². The highest BCUT2D eigenvalue weighted by Gasteiger charge is 2.20. The number of hydrogen-bond donors (Lipinski definition) is 1. The third kappa shape index (κ3) is 4.51. The fraction of sp³-hybridized carbons (Fsp3) is 0.333. The van der Waals surface area contributed by atoms with Gasteiger partial charge in [-0.05, 0) is 19.1 Å². The van der Waals surface area contributed by atoms with E-state index in [1.165, 1.54) is 12.1 Å². The maximum absolute atomic E-state index is 11.8. The van der Waals surface area contributed by atoms with Crippen LogP contribution in [0.15, 0.2) is 18.2 Å². The molecular weight excluding hydrogens is 288 g/mol. The van der Waals surface area contributed by atoms with Gasteiger partial charge in [-0.3, -0.25) is 19.7 Å². The van der Waals surface area contributed by atoms with E-state index in [1.807, 2.05) is 0 Å². The van der Waals surface area contributed by atoms with Crippen molar-refractivity contribution in [2.75, 3.05) is 13.2 Å². The minimum Gasteiger partial charge on any atom is -0.466 e. The van der Waals surface area contributed by atoms with Gasteiger partial charge < -0.3 is 10.1 Å². The molecule has 0 aromatic heterocycles. The summed E-state index contributed by atoms with van der Waals surface area (Å²) in [7, 11) is 0. The number of esters is 1. The van der Waals surface area contributed by atoms with Crippen molar-refractivity contribution in [3.05, 3.63) is 38.9 Å². The van der Waals surface area contributed by atoms with E-state index in [0.717, 1.165) is 6.07 Å². The second-order valence-corrected chi connectivity index (χ2v) is 4.17. The Kier molecular flexibility index (Phi) is 5.92. The monoisotopic (exact) mass is 300 g/mol. The largest absolute Gasteiger partial charge is 0.466 e. The zero-order valence-electron chi connectivity index (χ0n) is 10.7. The molecule has 0 radical (unpaired) electrons. The SMILES string of the molecule is CCOC(=O)CCNC(=O)c1cc(Cl)ccc1[N+](=O)[O-]. The van der Waals surface area contributed by atoms with Gasteiger partial charge in [0, 0.05) is 17.6 Å². The first-order valence-electron chi connectivity index (χ1n) is 5.83. The van der Waals surface area contributed by atoms with E-state index in [2.05, 4.69) is 5.32 Å². The summed E-state index contributed by atoms with van der Waals surface area (Å²) in [6.45, 7) is 1.96. The fourth-order valence-electron chi connectivity index (χ4n) is 1.46. The maximum Gasteiger partial charge on any atom is 0.307 e. The van der Waals surface area contributed by atoms with Gasteiger partial charge in [-0.1, -0.05) is 11.6 Å². The van der Waals surface area contributed by atoms with Crippen LogP contribution in [0, 0.1) is 10.1 Å². The van der Waals surface area contributed by atoms with E-state index < -0.39 is 16.8 Å². The average molecular weight is 301 g/mol. The molecule has 108 valence electrons. The summed E-state index contributed by atoms with van der Waals surface area (Å²) in [5.41, 5.74) is -0.491. The molecule has 1 N–H and O–H groups in total. The number of ether oxygens (including phenoxy) is 1. The third-order valence-electron chi connectivity index (χ3n) is 2.32. The molecule has 0 aliphatic rings. The quantitative estimate of drug-likeness (QED) is 0.491. The van der Waals surface area contributed by atoms with Crippen molar-refractivity contribution in [3.63, 3.8) is 0 Å². The zero-order valence-corrected chi connectivity index (χ0v) is 11.5. The number of rotatable bonds is 6. The molecular formula is C12H13ClN2O5. The first-order chi connectivity index (χ1) is 9.45. The van der Waals surface area contributed by atoms with Crippen LogP contribution in [-0.2, 0) is 9.53 Å². The van der Waals surface area contributed by atoms with Crippen LogP contribution in [0.1, 0.15) is 23.7 Å². The molecule has 8 heteroatoms. The molecule has 0 aliphatic carbocycles. The van der Waals surface area contributed by atoms with Crippen molar-refractivity contribution in [3.8, 4) is 0 Å². The summed E-state index contributed by atoms with van der Waals surface area (Å²) in [6, 6.07) is 3.69. The highest BCUT2D eigenvalue weighted by atomic mass is 35.5. The molecule has 1 aromatic rings. The van der Waals surface area contributed by atoms with Gasteiger partial charge in [0.25, 0.3) is 11.6 Å². The van der Waals surface area contributed by atoms with E-state index >= 15 is 0 Å². The third-order valence-corrected chi connectivity index (χ3v) is 2.56. The van der Waals surface area contributed by atoms with Gasteiger partial charge in [0.1, 0.15) is 5.56 Å². The second-order valence-electron chi connectivity index (χ2n) is 3.73. The normalized spacial score (nSPS) is 9.90. The Hall–Kier alpha value is -2.15. The topological polar surface area (TPSA) is 98.5 Å². The molecule has 7 nitrogen and oxygen atoms in total. The highest BCUT2D eigenvalue weighted by molar-refractivity contribution is 6.31. The number of nitrogens with zero attached hydrogens (tertiary/aromatic N) is 1. The Bertz CT molecular complexity index is 533. The van der Waals surface area contributed by atoms with E-state index in [-0.39, 0.29) is 35.8 Å². The summed E-state index contributed by atoms with van der Waals surface area (Å²) in [4.78, 5) is 33.1. The van der Waals surface area contributed by atoms with Gasteiger partial charge in [-0.25, -0.2) is 0 Å². The molecule has 1 rings (SSSR count). The molecule has 0 atom stereocenters. The summed E-state index contributed by atoms with van der Waals surface area (Å²) in [5.74, 6) is -1.11. The van der Waals surface area contributed by atoms with Crippen molar-refractivity contribution in [2.45, 2.75) is 13.3 Å². The van der Waals surface area contributed by atoms with Gasteiger partial charge in [0.15, 0.2) is 0 Å². The number of amides is 1. The molecule has 1 amide bonds. The Morgan fingerprint density at radius 3 is 2.75 bits per heavy atom. The number of nitro groups is 1. The van der Waals surface area contributed by atoms with Crippen molar-refractivity contribution >= 4 is 29.2 Å². The van der Waals surface area contributed by atoms with Gasteiger partial charge in [-0.2, -0.15) is 0 Å². The number of nitro benzene ring substituents is 1. The van der Waals surface area contributed by atoms with Crippen LogP contribution < -0.4 is 5.32 Å². The Morgan fingerprint density at radius 1 is 1.45 bits per heavy atom. The molecule has 1 aromatic carbocycles. The lowest BCUT2D eigenvalue weighted by Gasteiger charge is -2.06. The van der Waals surface area contributed by atoms with E-state index in [9.17, 15) is 19.7 Å². The number of halogens is 1. The van der Waals surface area contributed by atoms with Crippen LogP contribution >= 0.6 is 11.6 Å². The first-order valence-corrected chi connectivity index (χ1v) is 6.21. The van der Waals surface area contributed by atoms with Crippen molar-refractivity contribution < 1.29 is 19.2 Å². The average Bonchev–Trinajstić information content (AvgIpc) is 2.38. The van der Waals surface area contributed by atoms with Crippen LogP contribution in [0.25, 0.3) is 0 Å². The van der Waals surface area contributed by atoms with Crippen LogP contribution in [0.3, 0.4) is 0 Å². The number of carbonyl (C=O) groups excluding carboxylic acids is 2. The molecule has 0 aliphatic heterocycles. The summed E-state index contributed by atoms with van der Waals surface area (Å²) >= 11 is 5.71. The number of benzene rings is 1. The minimum atomic E-state index is -0.670. The first kappa shape index (κ1) is 15.9. The van der Waals surface area contributed by atoms with Gasteiger partial charge >= 0.3 is 5.97 Å². The lowest BCUT2D eigenvalue weighted by Crippen LogP contribution is -2.27. The number of nitrogens with one attached hydrogen (secondary N) is 1. The van der Waals surface area contributed by atoms with E-state index in [1.54, 1.807) is 6.92 Å². The lowest BCUT2D eigenvalue weighted by atomic mass is 10.1. The van der Waals surface area contributed by atoms with E-state index in [0.29, 0.717) is 0 Å². The van der Waals surface area contributed by atoms with Gasteiger partial charge in [0.05, 0.1) is 18.0 Å². The summed E-state index contributed by atoms with van der Waals surface area (Å²) < 4.78 is 4.69. The smallest absolute Gasteiger partial charge is 0.307 e. The Labute approximate surface area is 120 Å². The molecule has 0 saturated carbocycles. The van der Waals surface area contributed by atoms with Crippen molar-refractivity contribution in [2.24, 2.45) is 0 Å². The van der Waals surface area contributed by atoms with Gasteiger partial charge in [0.2, 0.25) is 0 Å². The van der Waals surface area contributed by atoms with Crippen molar-refractivity contribution in [1.82, 2.24) is 5.32 Å². The lowest BCUT2D eigenvalue weighted by molar-refractivity contribution is -0.385. The molecule has 0 spiro atoms. The predicted octanol–water partition coefficient (Wildman–Crippen LogP) is 1.93.